The normalized spacial score (nSPS) is 10.9. The van der Waals surface area contributed by atoms with Gasteiger partial charge in [0.1, 0.15) is 0 Å². The molecule has 4 heteroatoms. The summed E-state index contributed by atoms with van der Waals surface area (Å²) in [7, 11) is 0. The minimum Gasteiger partial charge on any atom is -0.478 e. The van der Waals surface area contributed by atoms with Gasteiger partial charge in [-0.15, -0.1) is 0 Å². The number of carbonyl (C=O) groups is 1. The molecule has 0 aliphatic rings. The molecule has 0 amide bonds. The number of pyridine rings is 1. The van der Waals surface area contributed by atoms with Crippen molar-refractivity contribution in [1.29, 1.82) is 0 Å². The van der Waals surface area contributed by atoms with Crippen molar-refractivity contribution in [2.75, 3.05) is 0 Å². The fraction of sp³-hybridized carbons (Fsp3) is 0.158. The lowest BCUT2D eigenvalue weighted by molar-refractivity contribution is 0.0699. The van der Waals surface area contributed by atoms with Crippen LogP contribution in [0.4, 0.5) is 0 Å². The van der Waals surface area contributed by atoms with Gasteiger partial charge in [-0.05, 0) is 42.7 Å². The van der Waals surface area contributed by atoms with Gasteiger partial charge in [0.15, 0.2) is 0 Å². The van der Waals surface area contributed by atoms with E-state index >= 15 is 0 Å². The Balaban J connectivity index is 2.27. The molecule has 3 rings (SSSR count). The molecule has 2 aromatic carbocycles. The van der Waals surface area contributed by atoms with Gasteiger partial charge >= 0.3 is 5.97 Å². The Morgan fingerprint density at radius 2 is 1.87 bits per heavy atom. The SMILES string of the molecule is CCc1ccc(-c2cc(C(=O)O)c3cc(Cl)cc(C)c3n2)cc1. The highest BCUT2D eigenvalue weighted by Gasteiger charge is 2.15. The lowest BCUT2D eigenvalue weighted by Crippen LogP contribution is -2.01. The molecule has 0 aliphatic heterocycles. The number of hydrogen-bond donors (Lipinski definition) is 1. The molecule has 0 aliphatic carbocycles. The molecule has 0 saturated carbocycles. The number of carboxylic acid groups (broad SMARTS) is 1. The summed E-state index contributed by atoms with van der Waals surface area (Å²) in [6.45, 7) is 3.98. The van der Waals surface area contributed by atoms with Crippen molar-refractivity contribution in [2.45, 2.75) is 20.3 Å². The minimum atomic E-state index is -0.981. The van der Waals surface area contributed by atoms with Gasteiger partial charge < -0.3 is 5.11 Å². The molecule has 0 fully saturated rings. The number of benzene rings is 2. The average Bonchev–Trinajstić information content (AvgIpc) is 2.54. The zero-order chi connectivity index (χ0) is 16.6. The smallest absolute Gasteiger partial charge is 0.336 e. The van der Waals surface area contributed by atoms with Gasteiger partial charge in [-0.1, -0.05) is 42.8 Å². The monoisotopic (exact) mass is 325 g/mol. The fourth-order valence-corrected chi connectivity index (χ4v) is 2.97. The van der Waals surface area contributed by atoms with E-state index in [2.05, 4.69) is 11.9 Å². The molecule has 1 aromatic heterocycles. The van der Waals surface area contributed by atoms with Gasteiger partial charge in [0.25, 0.3) is 0 Å². The molecule has 3 nitrogen and oxygen atoms in total. The summed E-state index contributed by atoms with van der Waals surface area (Å²) in [6, 6.07) is 13.1. The van der Waals surface area contributed by atoms with Crippen LogP contribution in [0.25, 0.3) is 22.2 Å². The van der Waals surface area contributed by atoms with Crippen molar-refractivity contribution in [3.8, 4) is 11.3 Å². The van der Waals surface area contributed by atoms with Crippen molar-refractivity contribution < 1.29 is 9.90 Å². The first-order chi connectivity index (χ1) is 11.0. The summed E-state index contributed by atoms with van der Waals surface area (Å²) in [6.07, 6.45) is 0.962. The van der Waals surface area contributed by atoms with Gasteiger partial charge in [-0.25, -0.2) is 9.78 Å². The number of aromatic nitrogens is 1. The second kappa shape index (κ2) is 6.01. The summed E-state index contributed by atoms with van der Waals surface area (Å²) >= 11 is 6.07. The Hall–Kier alpha value is -2.39. The molecule has 0 saturated heterocycles. The van der Waals surface area contributed by atoms with E-state index in [9.17, 15) is 9.90 Å². The molecule has 0 bridgehead atoms. The van der Waals surface area contributed by atoms with Gasteiger partial charge in [0, 0.05) is 16.0 Å². The Labute approximate surface area is 139 Å². The van der Waals surface area contributed by atoms with Crippen LogP contribution in [0.15, 0.2) is 42.5 Å². The van der Waals surface area contributed by atoms with Crippen LogP contribution >= 0.6 is 11.6 Å². The lowest BCUT2D eigenvalue weighted by Gasteiger charge is -2.10. The van der Waals surface area contributed by atoms with Crippen LogP contribution in [0, 0.1) is 6.92 Å². The van der Waals surface area contributed by atoms with Crippen molar-refractivity contribution in [2.24, 2.45) is 0 Å². The minimum absolute atomic E-state index is 0.218. The van der Waals surface area contributed by atoms with Crippen LogP contribution in [-0.4, -0.2) is 16.1 Å². The van der Waals surface area contributed by atoms with Crippen LogP contribution in [0.3, 0.4) is 0 Å². The largest absolute Gasteiger partial charge is 0.478 e. The van der Waals surface area contributed by atoms with Gasteiger partial charge in [0.2, 0.25) is 0 Å². The Bertz CT molecular complexity index is 901. The molecular formula is C19H16ClNO2. The number of aryl methyl sites for hydroxylation is 2. The highest BCUT2D eigenvalue weighted by Crippen LogP contribution is 2.29. The van der Waals surface area contributed by atoms with Crippen LogP contribution in [0.5, 0.6) is 0 Å². The highest BCUT2D eigenvalue weighted by atomic mass is 35.5. The zero-order valence-electron chi connectivity index (χ0n) is 12.9. The van der Waals surface area contributed by atoms with E-state index < -0.39 is 5.97 Å². The third kappa shape index (κ3) is 2.92. The van der Waals surface area contributed by atoms with E-state index in [1.54, 1.807) is 18.2 Å². The van der Waals surface area contributed by atoms with E-state index in [1.807, 2.05) is 31.2 Å². The molecule has 0 radical (unpaired) electrons. The molecule has 1 N–H and O–H groups in total. The maximum absolute atomic E-state index is 11.7. The van der Waals surface area contributed by atoms with E-state index in [0.717, 1.165) is 17.5 Å². The van der Waals surface area contributed by atoms with Crippen LogP contribution in [-0.2, 0) is 6.42 Å². The van der Waals surface area contributed by atoms with Gasteiger partial charge in [0.05, 0.1) is 16.8 Å². The summed E-state index contributed by atoms with van der Waals surface area (Å²) in [5, 5.41) is 10.6. The molecule has 0 atom stereocenters. The first-order valence-electron chi connectivity index (χ1n) is 7.43. The van der Waals surface area contributed by atoms with Gasteiger partial charge in [-0.3, -0.25) is 0 Å². The Morgan fingerprint density at radius 3 is 2.48 bits per heavy atom. The van der Waals surface area contributed by atoms with Crippen LogP contribution in [0.1, 0.15) is 28.4 Å². The summed E-state index contributed by atoms with van der Waals surface area (Å²) in [5.41, 5.74) is 4.54. The van der Waals surface area contributed by atoms with Crippen molar-refractivity contribution in [3.05, 3.63) is 64.2 Å². The fourth-order valence-electron chi connectivity index (χ4n) is 2.69. The first kappa shape index (κ1) is 15.5. The van der Waals surface area contributed by atoms with Crippen molar-refractivity contribution in [3.63, 3.8) is 0 Å². The predicted octanol–water partition coefficient (Wildman–Crippen LogP) is 5.12. The number of carboxylic acids is 1. The van der Waals surface area contributed by atoms with E-state index in [0.29, 0.717) is 21.6 Å². The molecule has 3 aromatic rings. The summed E-state index contributed by atoms with van der Waals surface area (Å²) in [5.74, 6) is -0.981. The number of nitrogens with zero attached hydrogens (tertiary/aromatic N) is 1. The Kier molecular flexibility index (Phi) is 4.05. The van der Waals surface area contributed by atoms with Gasteiger partial charge in [-0.2, -0.15) is 0 Å². The third-order valence-corrected chi connectivity index (χ3v) is 4.18. The lowest BCUT2D eigenvalue weighted by atomic mass is 10.0. The molecular weight excluding hydrogens is 310 g/mol. The number of hydrogen-bond acceptors (Lipinski definition) is 2. The average molecular weight is 326 g/mol. The molecule has 0 spiro atoms. The number of halogens is 1. The van der Waals surface area contributed by atoms with Crippen molar-refractivity contribution in [1.82, 2.24) is 4.98 Å². The summed E-state index contributed by atoms with van der Waals surface area (Å²) in [4.78, 5) is 16.3. The van der Waals surface area contributed by atoms with E-state index in [1.165, 1.54) is 5.56 Å². The first-order valence-corrected chi connectivity index (χ1v) is 7.81. The quantitative estimate of drug-likeness (QED) is 0.726. The van der Waals surface area contributed by atoms with E-state index in [-0.39, 0.29) is 5.56 Å². The maximum atomic E-state index is 11.7. The molecule has 0 unspecified atom stereocenters. The van der Waals surface area contributed by atoms with E-state index in [4.69, 9.17) is 11.6 Å². The standard InChI is InChI=1S/C19H16ClNO2/c1-3-12-4-6-13(7-5-12)17-10-16(19(22)23)15-9-14(20)8-11(2)18(15)21-17/h4-10H,3H2,1-2H3,(H,22,23). The van der Waals surface area contributed by atoms with Crippen LogP contribution in [0.2, 0.25) is 5.02 Å². The number of aromatic carboxylic acids is 1. The highest BCUT2D eigenvalue weighted by molar-refractivity contribution is 6.31. The zero-order valence-corrected chi connectivity index (χ0v) is 13.7. The molecule has 116 valence electrons. The molecule has 23 heavy (non-hydrogen) atoms. The summed E-state index contributed by atoms with van der Waals surface area (Å²) < 4.78 is 0. The third-order valence-electron chi connectivity index (χ3n) is 3.96. The predicted molar refractivity (Wildman–Crippen MR) is 93.3 cm³/mol. The second-order valence-electron chi connectivity index (χ2n) is 5.53. The van der Waals surface area contributed by atoms with Crippen molar-refractivity contribution >= 4 is 28.5 Å². The maximum Gasteiger partial charge on any atom is 0.336 e. The number of rotatable bonds is 3. The topological polar surface area (TPSA) is 50.2 Å². The molecule has 1 heterocycles. The Morgan fingerprint density at radius 1 is 1.17 bits per heavy atom. The second-order valence-corrected chi connectivity index (χ2v) is 5.97. The number of fused-ring (bicyclic) bond motifs is 1. The van der Waals surface area contributed by atoms with Crippen LogP contribution < -0.4 is 0 Å².